The molecule has 0 radical (unpaired) electrons. The van der Waals surface area contributed by atoms with E-state index in [4.69, 9.17) is 0 Å². The zero-order chi connectivity index (χ0) is 22.0. The molecule has 0 saturated carbocycles. The first-order valence-corrected chi connectivity index (χ1v) is 10.4. The molecule has 162 valence electrons. The molecule has 0 fully saturated rings. The first-order valence-electron chi connectivity index (χ1n) is 10.4. The Balaban J connectivity index is 1.79. The molecule has 7 heteroatoms. The van der Waals surface area contributed by atoms with E-state index in [0.29, 0.717) is 24.2 Å². The summed E-state index contributed by atoms with van der Waals surface area (Å²) >= 11 is 0. The topological polar surface area (TPSA) is 66.8 Å². The summed E-state index contributed by atoms with van der Waals surface area (Å²) in [7, 11) is 1.61. The third kappa shape index (κ3) is 3.99. The lowest BCUT2D eigenvalue weighted by Gasteiger charge is -2.49. The molecule has 2 aromatic carbocycles. The summed E-state index contributed by atoms with van der Waals surface area (Å²) in [5, 5.41) is 22.7. The van der Waals surface area contributed by atoms with E-state index < -0.39 is 10.7 Å². The van der Waals surface area contributed by atoms with Crippen molar-refractivity contribution in [2.45, 2.75) is 19.4 Å². The number of halogens is 1. The highest BCUT2D eigenvalue weighted by atomic mass is 19.1. The Bertz CT molecular complexity index is 1040. The second-order valence-corrected chi connectivity index (χ2v) is 7.93. The molecule has 4 rings (SSSR count). The molecule has 0 aromatic heterocycles. The zero-order valence-electron chi connectivity index (χ0n) is 17.5. The van der Waals surface area contributed by atoms with E-state index in [0.717, 1.165) is 17.0 Å². The fourth-order valence-electron chi connectivity index (χ4n) is 4.30. The molecule has 2 aliphatic rings. The van der Waals surface area contributed by atoms with Crippen molar-refractivity contribution in [3.05, 3.63) is 94.2 Å². The smallest absolute Gasteiger partial charge is 0.423 e. The third-order valence-corrected chi connectivity index (χ3v) is 5.89. The van der Waals surface area contributed by atoms with Crippen molar-refractivity contribution in [1.29, 1.82) is 0 Å². The summed E-state index contributed by atoms with van der Waals surface area (Å²) in [6.07, 6.45) is 2.59. The Kier molecular flexibility index (Phi) is 5.91. The lowest BCUT2D eigenvalue weighted by molar-refractivity contribution is -0.801. The predicted molar refractivity (Wildman–Crippen MR) is 116 cm³/mol. The van der Waals surface area contributed by atoms with E-state index in [-0.39, 0.29) is 31.9 Å². The molecule has 0 spiro atoms. The molecule has 1 atom stereocenters. The maximum absolute atomic E-state index is 14.7. The normalized spacial score (nSPS) is 21.3. The first kappa shape index (κ1) is 21.2. The number of amides is 2. The molecule has 2 heterocycles. The van der Waals surface area contributed by atoms with E-state index >= 15 is 0 Å². The lowest BCUT2D eigenvalue weighted by Crippen LogP contribution is -2.60. The summed E-state index contributed by atoms with van der Waals surface area (Å²) in [6, 6.07) is 15.8. The number of allylic oxidation sites excluding steroid dienone is 1. The molecule has 0 aliphatic carbocycles. The summed E-state index contributed by atoms with van der Waals surface area (Å²) in [6.45, 7) is 0.243. The van der Waals surface area contributed by atoms with E-state index in [9.17, 15) is 19.5 Å². The number of rotatable bonds is 6. The molecular formula is C24H26FN3O3. The number of quaternary nitrogens is 1. The largest absolute Gasteiger partial charge is 0.623 e. The SMILES string of the molecule is CN1C(=O)[N+]([O-])(CCCO)CC2=C1CC=C(c1ccccc1F)N2Cc1ccccc1. The van der Waals surface area contributed by atoms with Gasteiger partial charge >= 0.3 is 6.03 Å². The van der Waals surface area contributed by atoms with Gasteiger partial charge in [-0.25, -0.2) is 9.18 Å². The van der Waals surface area contributed by atoms with Gasteiger partial charge in [0.05, 0.1) is 17.9 Å². The van der Waals surface area contributed by atoms with Gasteiger partial charge in [-0.05, 0) is 17.7 Å². The van der Waals surface area contributed by atoms with Gasteiger partial charge in [0.2, 0.25) is 0 Å². The van der Waals surface area contributed by atoms with Crippen LogP contribution in [0.1, 0.15) is 24.0 Å². The Morgan fingerprint density at radius 3 is 2.52 bits per heavy atom. The average Bonchev–Trinajstić information content (AvgIpc) is 2.78. The van der Waals surface area contributed by atoms with Gasteiger partial charge in [-0.15, -0.1) is 0 Å². The highest BCUT2D eigenvalue weighted by molar-refractivity contribution is 5.75. The lowest BCUT2D eigenvalue weighted by atomic mass is 9.99. The first-order chi connectivity index (χ1) is 14.9. The molecular weight excluding hydrogens is 397 g/mol. The van der Waals surface area contributed by atoms with Crippen LogP contribution in [0.3, 0.4) is 0 Å². The average molecular weight is 423 g/mol. The number of carbonyl (C=O) groups excluding carboxylic acids is 1. The number of hydroxylamine groups is 3. The van der Waals surface area contributed by atoms with E-state index in [1.807, 2.05) is 41.3 Å². The van der Waals surface area contributed by atoms with Gasteiger partial charge in [0, 0.05) is 44.3 Å². The van der Waals surface area contributed by atoms with Gasteiger partial charge in [0.1, 0.15) is 12.4 Å². The van der Waals surface area contributed by atoms with Crippen LogP contribution >= 0.6 is 0 Å². The number of aliphatic hydroxyl groups is 1. The van der Waals surface area contributed by atoms with Crippen molar-refractivity contribution < 1.29 is 18.9 Å². The minimum atomic E-state index is -1.06. The minimum absolute atomic E-state index is 0.00558. The van der Waals surface area contributed by atoms with Gasteiger partial charge in [0.15, 0.2) is 0 Å². The van der Waals surface area contributed by atoms with Crippen molar-refractivity contribution in [2.24, 2.45) is 0 Å². The van der Waals surface area contributed by atoms with Gasteiger partial charge in [-0.2, -0.15) is 0 Å². The fraction of sp³-hybridized carbons (Fsp3) is 0.292. The molecule has 2 aromatic rings. The maximum Gasteiger partial charge on any atom is 0.423 e. The van der Waals surface area contributed by atoms with Crippen LogP contribution in [0.5, 0.6) is 0 Å². The predicted octanol–water partition coefficient (Wildman–Crippen LogP) is 4.05. The summed E-state index contributed by atoms with van der Waals surface area (Å²) in [4.78, 5) is 16.2. The Morgan fingerprint density at radius 2 is 1.81 bits per heavy atom. The molecule has 0 saturated heterocycles. The number of hydrogen-bond acceptors (Lipinski definition) is 4. The van der Waals surface area contributed by atoms with Crippen LogP contribution in [0, 0.1) is 11.0 Å². The minimum Gasteiger partial charge on any atom is -0.623 e. The van der Waals surface area contributed by atoms with Crippen LogP contribution in [0.25, 0.3) is 5.70 Å². The Morgan fingerprint density at radius 1 is 1.10 bits per heavy atom. The van der Waals surface area contributed by atoms with Crippen LogP contribution in [0.2, 0.25) is 0 Å². The van der Waals surface area contributed by atoms with Gasteiger partial charge in [-0.3, -0.25) is 9.55 Å². The van der Waals surface area contributed by atoms with Crippen LogP contribution < -0.4 is 0 Å². The molecule has 2 aliphatic heterocycles. The number of carbonyl (C=O) groups is 1. The van der Waals surface area contributed by atoms with Gasteiger partial charge in [-0.1, -0.05) is 48.5 Å². The maximum atomic E-state index is 14.7. The van der Waals surface area contributed by atoms with Crippen LogP contribution in [0.15, 0.2) is 72.1 Å². The van der Waals surface area contributed by atoms with E-state index in [2.05, 4.69) is 0 Å². The fourth-order valence-corrected chi connectivity index (χ4v) is 4.30. The quantitative estimate of drug-likeness (QED) is 0.562. The Labute approximate surface area is 181 Å². The standard InChI is InChI=1S/C24H26FN3O3/c1-26-22-13-12-21(19-10-5-6-11-20(19)25)27(16-18-8-3-2-4-9-18)23(22)17-28(31,24(26)30)14-7-15-29/h2-6,8-12,29H,7,13-17H2,1H3. The van der Waals surface area contributed by atoms with E-state index in [1.165, 1.54) is 11.0 Å². The van der Waals surface area contributed by atoms with Crippen molar-refractivity contribution in [1.82, 2.24) is 9.80 Å². The van der Waals surface area contributed by atoms with Crippen LogP contribution in [0.4, 0.5) is 9.18 Å². The number of urea groups is 1. The van der Waals surface area contributed by atoms with Gasteiger partial charge in [0.25, 0.3) is 0 Å². The summed E-state index contributed by atoms with van der Waals surface area (Å²) in [5.41, 5.74) is 3.65. The molecule has 31 heavy (non-hydrogen) atoms. The van der Waals surface area contributed by atoms with Gasteiger partial charge < -0.3 is 15.2 Å². The number of nitrogens with zero attached hydrogens (tertiary/aromatic N) is 3. The second-order valence-electron chi connectivity index (χ2n) is 7.93. The number of aliphatic hydroxyl groups excluding tert-OH is 1. The van der Waals surface area contributed by atoms with Crippen molar-refractivity contribution in [3.8, 4) is 0 Å². The molecule has 2 amide bonds. The molecule has 1 N–H and O–H groups in total. The molecule has 0 bridgehead atoms. The van der Waals surface area contributed by atoms with Crippen molar-refractivity contribution in [3.63, 3.8) is 0 Å². The van der Waals surface area contributed by atoms with E-state index in [1.54, 1.807) is 25.2 Å². The Hall–Kier alpha value is -3.00. The van der Waals surface area contributed by atoms with Crippen LogP contribution in [-0.4, -0.2) is 52.3 Å². The highest BCUT2D eigenvalue weighted by Crippen LogP contribution is 2.39. The monoisotopic (exact) mass is 423 g/mol. The van der Waals surface area contributed by atoms with Crippen molar-refractivity contribution in [2.75, 3.05) is 26.7 Å². The highest BCUT2D eigenvalue weighted by Gasteiger charge is 2.43. The third-order valence-electron chi connectivity index (χ3n) is 5.89. The molecule has 6 nitrogen and oxygen atoms in total. The van der Waals surface area contributed by atoms with Crippen LogP contribution in [-0.2, 0) is 6.54 Å². The summed E-state index contributed by atoms with van der Waals surface area (Å²) in [5.74, 6) is -0.334. The molecule has 1 unspecified atom stereocenters. The number of benzene rings is 2. The number of hydrogen-bond donors (Lipinski definition) is 1. The summed E-state index contributed by atoms with van der Waals surface area (Å²) < 4.78 is 13.7. The van der Waals surface area contributed by atoms with Crippen molar-refractivity contribution >= 4 is 11.7 Å². The second kappa shape index (κ2) is 8.63. The zero-order valence-corrected chi connectivity index (χ0v) is 17.5.